The third-order valence-electron chi connectivity index (χ3n) is 2.91. The Labute approximate surface area is 82.7 Å². The number of hydrogen-bond donors (Lipinski definition) is 0. The minimum absolute atomic E-state index is 1.17. The molecular weight excluding hydrogens is 156 g/mol. The van der Waals surface area contributed by atoms with Crippen LogP contribution in [0.4, 0.5) is 0 Å². The van der Waals surface area contributed by atoms with Crippen molar-refractivity contribution in [3.63, 3.8) is 0 Å². The second-order valence-corrected chi connectivity index (χ2v) is 4.30. The minimum atomic E-state index is 1.17. The third-order valence-corrected chi connectivity index (χ3v) is 2.91. The lowest BCUT2D eigenvalue weighted by Crippen LogP contribution is -1.83. The SMILES string of the molecule is C=C1CC(C)=C(CCCCCC)C1. The molecule has 13 heavy (non-hydrogen) atoms. The molecule has 0 saturated heterocycles. The highest BCUT2D eigenvalue weighted by Gasteiger charge is 2.12. The summed E-state index contributed by atoms with van der Waals surface area (Å²) in [6.07, 6.45) is 9.21. The molecule has 0 aliphatic heterocycles. The van der Waals surface area contributed by atoms with Crippen molar-refractivity contribution in [2.24, 2.45) is 0 Å². The van der Waals surface area contributed by atoms with Crippen LogP contribution in [-0.4, -0.2) is 0 Å². The average Bonchev–Trinajstić information content (AvgIpc) is 2.39. The molecule has 0 amide bonds. The van der Waals surface area contributed by atoms with Gasteiger partial charge in [-0.2, -0.15) is 0 Å². The molecule has 0 spiro atoms. The zero-order chi connectivity index (χ0) is 9.68. The van der Waals surface area contributed by atoms with E-state index in [4.69, 9.17) is 0 Å². The Balaban J connectivity index is 2.21. The van der Waals surface area contributed by atoms with Crippen molar-refractivity contribution >= 4 is 0 Å². The van der Waals surface area contributed by atoms with E-state index in [9.17, 15) is 0 Å². The van der Waals surface area contributed by atoms with Crippen LogP contribution in [-0.2, 0) is 0 Å². The largest absolute Gasteiger partial charge is 0.0992 e. The monoisotopic (exact) mass is 178 g/mol. The van der Waals surface area contributed by atoms with E-state index in [2.05, 4.69) is 20.4 Å². The smallest absolute Gasteiger partial charge is 0.0105 e. The Hall–Kier alpha value is -0.520. The van der Waals surface area contributed by atoms with Gasteiger partial charge >= 0.3 is 0 Å². The van der Waals surface area contributed by atoms with Crippen molar-refractivity contribution in [3.05, 3.63) is 23.3 Å². The van der Waals surface area contributed by atoms with Crippen LogP contribution < -0.4 is 0 Å². The van der Waals surface area contributed by atoms with Gasteiger partial charge in [0.05, 0.1) is 0 Å². The Kier molecular flexibility index (Phi) is 4.27. The summed E-state index contributed by atoms with van der Waals surface area (Å²) in [5, 5.41) is 0. The highest BCUT2D eigenvalue weighted by atomic mass is 14.2. The van der Waals surface area contributed by atoms with Crippen LogP contribution >= 0.6 is 0 Å². The van der Waals surface area contributed by atoms with Crippen molar-refractivity contribution < 1.29 is 0 Å². The standard InChI is InChI=1S/C13H22/c1-4-5-6-7-8-13-10-11(2)9-12(13)3/h2,4-10H2,1,3H3. The van der Waals surface area contributed by atoms with E-state index >= 15 is 0 Å². The van der Waals surface area contributed by atoms with Gasteiger partial charge in [-0.15, -0.1) is 0 Å². The summed E-state index contributed by atoms with van der Waals surface area (Å²) in [4.78, 5) is 0. The average molecular weight is 178 g/mol. The maximum absolute atomic E-state index is 4.06. The molecule has 0 saturated carbocycles. The molecule has 0 radical (unpaired) electrons. The Morgan fingerprint density at radius 3 is 2.46 bits per heavy atom. The van der Waals surface area contributed by atoms with Crippen LogP contribution in [0.15, 0.2) is 23.3 Å². The molecule has 0 heteroatoms. The molecule has 0 bridgehead atoms. The summed E-state index contributed by atoms with van der Waals surface area (Å²) in [6.45, 7) is 8.59. The molecule has 0 fully saturated rings. The van der Waals surface area contributed by atoms with E-state index in [-0.39, 0.29) is 0 Å². The van der Waals surface area contributed by atoms with Gasteiger partial charge in [-0.25, -0.2) is 0 Å². The number of unbranched alkanes of at least 4 members (excludes halogenated alkanes) is 3. The molecule has 0 nitrogen and oxygen atoms in total. The molecule has 1 rings (SSSR count). The van der Waals surface area contributed by atoms with Gasteiger partial charge in [0.1, 0.15) is 0 Å². The first-order valence-corrected chi connectivity index (χ1v) is 5.58. The van der Waals surface area contributed by atoms with E-state index in [0.29, 0.717) is 0 Å². The summed E-state index contributed by atoms with van der Waals surface area (Å²) < 4.78 is 0. The van der Waals surface area contributed by atoms with Crippen LogP contribution in [0.3, 0.4) is 0 Å². The molecule has 1 aliphatic carbocycles. The van der Waals surface area contributed by atoms with E-state index in [1.807, 2.05) is 0 Å². The van der Waals surface area contributed by atoms with Crippen LogP contribution in [0.25, 0.3) is 0 Å². The van der Waals surface area contributed by atoms with Crippen molar-refractivity contribution in [2.75, 3.05) is 0 Å². The lowest BCUT2D eigenvalue weighted by Gasteiger charge is -2.02. The maximum Gasteiger partial charge on any atom is -0.0105 e. The molecule has 0 aromatic carbocycles. The van der Waals surface area contributed by atoms with Crippen LogP contribution in [0.5, 0.6) is 0 Å². The van der Waals surface area contributed by atoms with Gasteiger partial charge in [-0.3, -0.25) is 0 Å². The first kappa shape index (κ1) is 10.6. The molecule has 1 aliphatic rings. The fraction of sp³-hybridized carbons (Fsp3) is 0.692. The second kappa shape index (κ2) is 5.26. The summed E-state index contributed by atoms with van der Waals surface area (Å²) in [5.41, 5.74) is 4.70. The Morgan fingerprint density at radius 2 is 1.92 bits per heavy atom. The van der Waals surface area contributed by atoms with E-state index in [1.165, 1.54) is 50.5 Å². The number of rotatable bonds is 5. The van der Waals surface area contributed by atoms with Gasteiger partial charge in [0.25, 0.3) is 0 Å². The highest BCUT2D eigenvalue weighted by molar-refractivity contribution is 5.30. The van der Waals surface area contributed by atoms with E-state index in [0.717, 1.165) is 0 Å². The molecule has 74 valence electrons. The lowest BCUT2D eigenvalue weighted by molar-refractivity contribution is 0.660. The summed E-state index contributed by atoms with van der Waals surface area (Å²) in [6, 6.07) is 0. The lowest BCUT2D eigenvalue weighted by atomic mass is 10.0. The minimum Gasteiger partial charge on any atom is -0.0992 e. The Morgan fingerprint density at radius 1 is 1.15 bits per heavy atom. The third kappa shape index (κ3) is 3.38. The molecule has 0 N–H and O–H groups in total. The topological polar surface area (TPSA) is 0 Å². The first-order valence-electron chi connectivity index (χ1n) is 5.58. The van der Waals surface area contributed by atoms with Crippen molar-refractivity contribution in [2.45, 2.75) is 58.8 Å². The molecular formula is C13H22. The summed E-state index contributed by atoms with van der Waals surface area (Å²) >= 11 is 0. The molecule has 0 aromatic heterocycles. The highest BCUT2D eigenvalue weighted by Crippen LogP contribution is 2.32. The van der Waals surface area contributed by atoms with Gasteiger partial charge in [-0.05, 0) is 32.6 Å². The quantitative estimate of drug-likeness (QED) is 0.425. The fourth-order valence-corrected chi connectivity index (χ4v) is 2.08. The van der Waals surface area contributed by atoms with Crippen molar-refractivity contribution in [3.8, 4) is 0 Å². The van der Waals surface area contributed by atoms with Gasteiger partial charge in [-0.1, -0.05) is 49.5 Å². The predicted octanol–water partition coefficient (Wildman–Crippen LogP) is 4.62. The van der Waals surface area contributed by atoms with Gasteiger partial charge in [0.2, 0.25) is 0 Å². The fourth-order valence-electron chi connectivity index (χ4n) is 2.08. The predicted molar refractivity (Wildman–Crippen MR) is 59.8 cm³/mol. The maximum atomic E-state index is 4.06. The van der Waals surface area contributed by atoms with Crippen molar-refractivity contribution in [1.82, 2.24) is 0 Å². The van der Waals surface area contributed by atoms with E-state index < -0.39 is 0 Å². The first-order chi connectivity index (χ1) is 6.24. The normalized spacial score (nSPS) is 17.2. The molecule has 0 heterocycles. The van der Waals surface area contributed by atoms with Gasteiger partial charge < -0.3 is 0 Å². The van der Waals surface area contributed by atoms with E-state index in [1.54, 1.807) is 11.1 Å². The number of allylic oxidation sites excluding steroid dienone is 3. The summed E-state index contributed by atoms with van der Waals surface area (Å²) in [7, 11) is 0. The zero-order valence-corrected chi connectivity index (χ0v) is 9.16. The van der Waals surface area contributed by atoms with Crippen LogP contribution in [0.1, 0.15) is 58.8 Å². The van der Waals surface area contributed by atoms with Crippen molar-refractivity contribution in [1.29, 1.82) is 0 Å². The second-order valence-electron chi connectivity index (χ2n) is 4.30. The molecule has 0 unspecified atom stereocenters. The van der Waals surface area contributed by atoms with Gasteiger partial charge in [0, 0.05) is 0 Å². The Bertz CT molecular complexity index is 208. The summed E-state index contributed by atoms with van der Waals surface area (Å²) in [5.74, 6) is 0. The zero-order valence-electron chi connectivity index (χ0n) is 9.16. The van der Waals surface area contributed by atoms with Crippen LogP contribution in [0, 0.1) is 0 Å². The molecule has 0 aromatic rings. The number of hydrogen-bond acceptors (Lipinski definition) is 0. The van der Waals surface area contributed by atoms with Crippen LogP contribution in [0.2, 0.25) is 0 Å². The molecule has 0 atom stereocenters. The van der Waals surface area contributed by atoms with Gasteiger partial charge in [0.15, 0.2) is 0 Å².